The van der Waals surface area contributed by atoms with Crippen LogP contribution >= 0.6 is 7.60 Å². The fraction of sp³-hybridized carbons (Fsp3) is 1.00. The van der Waals surface area contributed by atoms with Gasteiger partial charge in [-0.05, 0) is 0 Å². The molecular formula is C7H2F15O4P. The molecule has 0 aliphatic rings. The van der Waals surface area contributed by atoms with E-state index in [1.54, 1.807) is 0 Å². The summed E-state index contributed by atoms with van der Waals surface area (Å²) in [4.78, 5) is 15.7. The van der Waals surface area contributed by atoms with E-state index in [1.807, 2.05) is 0 Å². The second-order valence-electron chi connectivity index (χ2n) is 4.44. The first-order valence-electron chi connectivity index (χ1n) is 5.30. The minimum absolute atomic E-state index is 1.42. The van der Waals surface area contributed by atoms with Crippen molar-refractivity contribution in [2.45, 2.75) is 41.8 Å². The highest BCUT2D eigenvalue weighted by Gasteiger charge is 2.92. The van der Waals surface area contributed by atoms with Crippen molar-refractivity contribution in [3.63, 3.8) is 0 Å². The van der Waals surface area contributed by atoms with Gasteiger partial charge in [-0.15, -0.1) is 0 Å². The zero-order valence-corrected chi connectivity index (χ0v) is 12.2. The molecule has 0 bridgehead atoms. The average molecular weight is 466 g/mol. The Morgan fingerprint density at radius 3 is 1.11 bits per heavy atom. The molecule has 0 unspecified atom stereocenters. The lowest BCUT2D eigenvalue weighted by atomic mass is 9.97. The molecule has 0 amide bonds. The first kappa shape index (κ1) is 26.1. The Morgan fingerprint density at radius 1 is 0.556 bits per heavy atom. The zero-order chi connectivity index (χ0) is 22.7. The Labute approximate surface area is 136 Å². The SMILES string of the molecule is O=P(O)(O)C(F)(F)OC(F)(F)C(F)(F)C(F)(F)C(F)(F)C(F)(F)C(F)(F)F. The number of hydrogen-bond donors (Lipinski definition) is 2. The van der Waals surface area contributed by atoms with Crippen molar-refractivity contribution >= 4 is 7.60 Å². The van der Waals surface area contributed by atoms with Crippen LogP contribution in [0.4, 0.5) is 65.9 Å². The van der Waals surface area contributed by atoms with Gasteiger partial charge < -0.3 is 9.79 Å². The largest absolute Gasteiger partial charge is 0.463 e. The number of ether oxygens (including phenoxy) is 1. The number of hydrogen-bond acceptors (Lipinski definition) is 2. The van der Waals surface area contributed by atoms with E-state index in [9.17, 15) is 70.4 Å². The van der Waals surface area contributed by atoms with Crippen LogP contribution in [0.3, 0.4) is 0 Å². The Balaban J connectivity index is 6.36. The Hall–Kier alpha value is -0.940. The Bertz CT molecular complexity index is 604. The molecule has 0 saturated carbocycles. The molecule has 0 aromatic rings. The Morgan fingerprint density at radius 2 is 0.852 bits per heavy atom. The molecule has 0 spiro atoms. The molecule has 0 aliphatic carbocycles. The van der Waals surface area contributed by atoms with Gasteiger partial charge in [-0.1, -0.05) is 0 Å². The zero-order valence-electron chi connectivity index (χ0n) is 11.3. The lowest BCUT2D eigenvalue weighted by Gasteiger charge is -2.39. The monoisotopic (exact) mass is 466 g/mol. The van der Waals surface area contributed by atoms with Crippen LogP contribution in [0, 0.1) is 0 Å². The van der Waals surface area contributed by atoms with Crippen LogP contribution in [-0.4, -0.2) is 51.6 Å². The van der Waals surface area contributed by atoms with Crippen LogP contribution in [0.5, 0.6) is 0 Å². The van der Waals surface area contributed by atoms with E-state index in [-0.39, 0.29) is 0 Å². The molecule has 0 saturated heterocycles. The summed E-state index contributed by atoms with van der Waals surface area (Å²) in [6.45, 7) is 0. The molecule has 164 valence electrons. The number of alkyl halides is 15. The quantitative estimate of drug-likeness (QED) is 0.431. The predicted octanol–water partition coefficient (Wildman–Crippen LogP) is 4.43. The van der Waals surface area contributed by atoms with Crippen LogP contribution in [-0.2, 0) is 9.30 Å². The average Bonchev–Trinajstić information content (AvgIpc) is 2.33. The number of halogens is 15. The topological polar surface area (TPSA) is 66.8 Å². The molecule has 0 aliphatic heterocycles. The van der Waals surface area contributed by atoms with Crippen LogP contribution in [0.25, 0.3) is 0 Å². The van der Waals surface area contributed by atoms with E-state index in [4.69, 9.17) is 9.79 Å². The highest BCUT2D eigenvalue weighted by molar-refractivity contribution is 7.52. The van der Waals surface area contributed by atoms with E-state index in [2.05, 4.69) is 0 Å². The van der Waals surface area contributed by atoms with Crippen molar-refractivity contribution in [2.75, 3.05) is 0 Å². The van der Waals surface area contributed by atoms with Crippen LogP contribution in [0.15, 0.2) is 0 Å². The smallest absolute Gasteiger partial charge is 0.318 e. The van der Waals surface area contributed by atoms with Gasteiger partial charge in [-0.3, -0.25) is 4.57 Å². The summed E-state index contributed by atoms with van der Waals surface area (Å²) in [5.41, 5.74) is 0. The molecule has 4 nitrogen and oxygen atoms in total. The van der Waals surface area contributed by atoms with Gasteiger partial charge in [-0.2, -0.15) is 65.9 Å². The lowest BCUT2D eigenvalue weighted by Crippen LogP contribution is -2.70. The molecule has 27 heavy (non-hydrogen) atoms. The maximum absolute atomic E-state index is 12.9. The molecule has 0 atom stereocenters. The maximum Gasteiger partial charge on any atom is 0.463 e. The molecular weight excluding hydrogens is 464 g/mol. The van der Waals surface area contributed by atoms with Crippen LogP contribution in [0.2, 0.25) is 0 Å². The Kier molecular flexibility index (Phi) is 6.06. The van der Waals surface area contributed by atoms with E-state index in [1.165, 1.54) is 4.74 Å². The summed E-state index contributed by atoms with van der Waals surface area (Å²) >= 11 is 0. The molecule has 0 heterocycles. The minimum Gasteiger partial charge on any atom is -0.318 e. The molecule has 0 fully saturated rings. The third-order valence-electron chi connectivity index (χ3n) is 2.49. The first-order valence-corrected chi connectivity index (χ1v) is 6.91. The normalized spacial score (nSPS) is 16.6. The van der Waals surface area contributed by atoms with Gasteiger partial charge in [0.05, 0.1) is 0 Å². The molecule has 0 radical (unpaired) electrons. The third kappa shape index (κ3) is 3.82. The van der Waals surface area contributed by atoms with Crippen molar-refractivity contribution < 1.29 is 84.9 Å². The van der Waals surface area contributed by atoms with Crippen molar-refractivity contribution in [3.8, 4) is 0 Å². The highest BCUT2D eigenvalue weighted by Crippen LogP contribution is 2.63. The first-order chi connectivity index (χ1) is 11.2. The highest BCUT2D eigenvalue weighted by atomic mass is 31.2. The second kappa shape index (κ2) is 6.28. The van der Waals surface area contributed by atoms with E-state index in [0.717, 1.165) is 0 Å². The second-order valence-corrected chi connectivity index (χ2v) is 6.05. The van der Waals surface area contributed by atoms with Gasteiger partial charge in [0.15, 0.2) is 0 Å². The van der Waals surface area contributed by atoms with E-state index < -0.39 is 49.4 Å². The van der Waals surface area contributed by atoms with Gasteiger partial charge in [-0.25, -0.2) is 4.74 Å². The fourth-order valence-electron chi connectivity index (χ4n) is 1.03. The van der Waals surface area contributed by atoms with Gasteiger partial charge >= 0.3 is 49.4 Å². The van der Waals surface area contributed by atoms with Crippen molar-refractivity contribution in [3.05, 3.63) is 0 Å². The third-order valence-corrected chi connectivity index (χ3v) is 3.26. The number of rotatable bonds is 7. The molecule has 0 aromatic carbocycles. The lowest BCUT2D eigenvalue weighted by molar-refractivity contribution is -0.484. The summed E-state index contributed by atoms with van der Waals surface area (Å²) in [7, 11) is -7.32. The summed E-state index contributed by atoms with van der Waals surface area (Å²) in [6, 6.07) is 0. The summed E-state index contributed by atoms with van der Waals surface area (Å²) in [6.07, 6.45) is -15.5. The van der Waals surface area contributed by atoms with Crippen LogP contribution < -0.4 is 0 Å². The molecule has 0 aromatic heterocycles. The van der Waals surface area contributed by atoms with Gasteiger partial charge in [0.2, 0.25) is 0 Å². The van der Waals surface area contributed by atoms with Gasteiger partial charge in [0, 0.05) is 0 Å². The predicted molar refractivity (Wildman–Crippen MR) is 48.9 cm³/mol. The summed E-state index contributed by atoms with van der Waals surface area (Å²) in [5.74, 6) is -39.9. The van der Waals surface area contributed by atoms with Crippen molar-refractivity contribution in [1.29, 1.82) is 0 Å². The van der Waals surface area contributed by atoms with E-state index in [0.29, 0.717) is 0 Å². The van der Waals surface area contributed by atoms with Crippen LogP contribution in [0.1, 0.15) is 0 Å². The minimum atomic E-state index is -8.44. The summed E-state index contributed by atoms with van der Waals surface area (Å²) in [5, 5.41) is 0. The van der Waals surface area contributed by atoms with Crippen molar-refractivity contribution in [2.24, 2.45) is 0 Å². The van der Waals surface area contributed by atoms with Gasteiger partial charge in [0.1, 0.15) is 0 Å². The van der Waals surface area contributed by atoms with Crippen molar-refractivity contribution in [1.82, 2.24) is 0 Å². The summed E-state index contributed by atoms with van der Waals surface area (Å²) < 4.78 is 199. The fourth-order valence-corrected chi connectivity index (χ4v) is 1.27. The molecule has 0 rings (SSSR count). The molecule has 2 N–H and O–H groups in total. The van der Waals surface area contributed by atoms with Gasteiger partial charge in [0.25, 0.3) is 0 Å². The standard InChI is InChI=1S/C7H2F15O4P/c8-1(9,3(12,13)5(16,17)18)2(10,11)4(14,15)6(19,20)26-7(21,22)27(23,24)25/h(H2,23,24,25). The molecule has 20 heteroatoms. The van der Waals surface area contributed by atoms with E-state index >= 15 is 0 Å². The maximum atomic E-state index is 12.9.